The molecule has 1 aromatic carbocycles. The number of hydrogen-bond acceptors (Lipinski definition) is 3. The van der Waals surface area contributed by atoms with Crippen LogP contribution >= 0.6 is 0 Å². The first-order chi connectivity index (χ1) is 10.0. The number of nitrogens with zero attached hydrogens (tertiary/aromatic N) is 1. The number of carbonyl (C=O) groups is 1. The average Bonchev–Trinajstić information content (AvgIpc) is 2.47. The molecule has 1 aliphatic rings. The van der Waals surface area contributed by atoms with Gasteiger partial charge in [-0.3, -0.25) is 14.9 Å². The third-order valence-corrected chi connectivity index (χ3v) is 4.10. The van der Waals surface area contributed by atoms with Crippen LogP contribution in [0.25, 0.3) is 0 Å². The molecule has 0 saturated heterocycles. The Hall–Kier alpha value is -1.98. The van der Waals surface area contributed by atoms with Gasteiger partial charge in [0.05, 0.1) is 4.92 Å². The Morgan fingerprint density at radius 2 is 2.24 bits per heavy atom. The topological polar surface area (TPSA) is 72.2 Å². The number of nitro benzene ring substituents is 1. The minimum atomic E-state index is -0.930. The molecule has 21 heavy (non-hydrogen) atoms. The normalized spacial score (nSPS) is 21.8. The molecule has 0 aliphatic heterocycles. The van der Waals surface area contributed by atoms with Gasteiger partial charge >= 0.3 is 5.69 Å². The van der Waals surface area contributed by atoms with Crippen LogP contribution < -0.4 is 5.32 Å². The van der Waals surface area contributed by atoms with E-state index in [0.717, 1.165) is 37.8 Å². The lowest BCUT2D eigenvalue weighted by Crippen LogP contribution is -2.38. The summed E-state index contributed by atoms with van der Waals surface area (Å²) in [4.78, 5) is 22.0. The van der Waals surface area contributed by atoms with Crippen molar-refractivity contribution in [2.24, 2.45) is 5.92 Å². The number of rotatable bonds is 4. The summed E-state index contributed by atoms with van der Waals surface area (Å²) in [6.07, 6.45) is 5.21. The third-order valence-electron chi connectivity index (χ3n) is 4.10. The van der Waals surface area contributed by atoms with Crippen molar-refractivity contribution in [2.45, 2.75) is 45.1 Å². The van der Waals surface area contributed by atoms with Gasteiger partial charge < -0.3 is 5.32 Å². The first kappa shape index (κ1) is 15.4. The molecule has 1 N–H and O–H groups in total. The van der Waals surface area contributed by atoms with Crippen LogP contribution in [0.5, 0.6) is 0 Å². The van der Waals surface area contributed by atoms with Crippen LogP contribution in [0.2, 0.25) is 0 Å². The Labute approximate surface area is 122 Å². The lowest BCUT2D eigenvalue weighted by atomic mass is 9.84. The first-order valence-electron chi connectivity index (χ1n) is 7.26. The zero-order valence-corrected chi connectivity index (χ0v) is 12.0. The smallest absolute Gasteiger partial charge is 0.305 e. The van der Waals surface area contributed by atoms with Gasteiger partial charge in [0.15, 0.2) is 0 Å². The van der Waals surface area contributed by atoms with Crippen LogP contribution in [0.3, 0.4) is 0 Å². The molecule has 1 aromatic rings. The highest BCUT2D eigenvalue weighted by atomic mass is 19.1. The molecule has 6 heteroatoms. The molecule has 1 fully saturated rings. The van der Waals surface area contributed by atoms with Crippen LogP contribution in [-0.2, 0) is 0 Å². The molecule has 0 bridgehead atoms. The van der Waals surface area contributed by atoms with Gasteiger partial charge in [0.2, 0.25) is 5.82 Å². The number of halogens is 1. The molecule has 2 unspecified atom stereocenters. The number of benzene rings is 1. The highest BCUT2D eigenvalue weighted by Gasteiger charge is 2.24. The molecule has 0 heterocycles. The SMILES string of the molecule is CCC1CCCC(NC(=O)c2ccc(F)c([N+](=O)[O-])c2)C1. The molecule has 1 amide bonds. The van der Waals surface area contributed by atoms with Crippen LogP contribution in [-0.4, -0.2) is 16.9 Å². The molecule has 0 radical (unpaired) electrons. The van der Waals surface area contributed by atoms with Crippen molar-refractivity contribution in [3.63, 3.8) is 0 Å². The van der Waals surface area contributed by atoms with E-state index in [1.807, 2.05) is 0 Å². The molecule has 2 rings (SSSR count). The predicted octanol–water partition coefficient (Wildman–Crippen LogP) is 3.43. The van der Waals surface area contributed by atoms with E-state index in [9.17, 15) is 19.3 Å². The highest BCUT2D eigenvalue weighted by molar-refractivity contribution is 5.95. The van der Waals surface area contributed by atoms with Gasteiger partial charge in [0.25, 0.3) is 5.91 Å². The lowest BCUT2D eigenvalue weighted by molar-refractivity contribution is -0.387. The number of nitrogens with one attached hydrogen (secondary N) is 1. The Morgan fingerprint density at radius 1 is 1.48 bits per heavy atom. The van der Waals surface area contributed by atoms with Gasteiger partial charge in [-0.15, -0.1) is 0 Å². The van der Waals surface area contributed by atoms with Gasteiger partial charge in [-0.25, -0.2) is 0 Å². The minimum absolute atomic E-state index is 0.0975. The molecular weight excluding hydrogens is 275 g/mol. The molecular formula is C15H19FN2O3. The van der Waals surface area contributed by atoms with Crippen molar-refractivity contribution in [3.8, 4) is 0 Å². The van der Waals surface area contributed by atoms with Crippen LogP contribution in [0.4, 0.5) is 10.1 Å². The second-order valence-electron chi connectivity index (χ2n) is 5.53. The fourth-order valence-corrected chi connectivity index (χ4v) is 2.86. The molecule has 0 aromatic heterocycles. The number of nitro groups is 1. The molecule has 2 atom stereocenters. The summed E-state index contributed by atoms with van der Waals surface area (Å²) in [6, 6.07) is 3.33. The Balaban J connectivity index is 2.06. The molecule has 0 spiro atoms. The molecule has 114 valence electrons. The summed E-state index contributed by atoms with van der Waals surface area (Å²) in [6.45, 7) is 2.14. The van der Waals surface area contributed by atoms with Crippen molar-refractivity contribution in [3.05, 3.63) is 39.7 Å². The first-order valence-corrected chi connectivity index (χ1v) is 7.26. The second-order valence-corrected chi connectivity index (χ2v) is 5.53. The van der Waals surface area contributed by atoms with Crippen molar-refractivity contribution in [2.75, 3.05) is 0 Å². The zero-order chi connectivity index (χ0) is 15.4. The van der Waals surface area contributed by atoms with E-state index in [-0.39, 0.29) is 17.5 Å². The maximum absolute atomic E-state index is 13.3. The minimum Gasteiger partial charge on any atom is -0.349 e. The Morgan fingerprint density at radius 3 is 2.90 bits per heavy atom. The van der Waals surface area contributed by atoms with Crippen LogP contribution in [0.1, 0.15) is 49.4 Å². The van der Waals surface area contributed by atoms with Crippen molar-refractivity contribution in [1.82, 2.24) is 5.32 Å². The van der Waals surface area contributed by atoms with E-state index in [4.69, 9.17) is 0 Å². The number of hydrogen-bond donors (Lipinski definition) is 1. The fraction of sp³-hybridized carbons (Fsp3) is 0.533. The second kappa shape index (κ2) is 6.65. The summed E-state index contributed by atoms with van der Waals surface area (Å²) >= 11 is 0. The number of amides is 1. The van der Waals surface area contributed by atoms with Crippen molar-refractivity contribution in [1.29, 1.82) is 0 Å². The van der Waals surface area contributed by atoms with Crippen LogP contribution in [0.15, 0.2) is 18.2 Å². The van der Waals surface area contributed by atoms with Crippen LogP contribution in [0, 0.1) is 21.8 Å². The standard InChI is InChI=1S/C15H19FN2O3/c1-2-10-4-3-5-12(8-10)17-15(19)11-6-7-13(16)14(9-11)18(20)21/h6-7,9-10,12H,2-5,8H2,1H3,(H,17,19). The van der Waals surface area contributed by atoms with E-state index < -0.39 is 16.4 Å². The largest absolute Gasteiger partial charge is 0.349 e. The summed E-state index contributed by atoms with van der Waals surface area (Å²) in [5.41, 5.74) is -0.542. The lowest BCUT2D eigenvalue weighted by Gasteiger charge is -2.29. The van der Waals surface area contributed by atoms with Crippen molar-refractivity contribution < 1.29 is 14.1 Å². The van der Waals surface area contributed by atoms with Crippen molar-refractivity contribution >= 4 is 11.6 Å². The maximum atomic E-state index is 13.3. The van der Waals surface area contributed by atoms with Gasteiger partial charge in [-0.05, 0) is 30.9 Å². The zero-order valence-electron chi connectivity index (χ0n) is 12.0. The Kier molecular flexibility index (Phi) is 4.88. The monoisotopic (exact) mass is 294 g/mol. The van der Waals surface area contributed by atoms with E-state index in [0.29, 0.717) is 5.92 Å². The van der Waals surface area contributed by atoms with Gasteiger partial charge in [0.1, 0.15) is 0 Å². The molecule has 1 saturated carbocycles. The quantitative estimate of drug-likeness (QED) is 0.683. The summed E-state index contributed by atoms with van der Waals surface area (Å²) < 4.78 is 13.3. The van der Waals surface area contributed by atoms with Gasteiger partial charge in [-0.2, -0.15) is 4.39 Å². The van der Waals surface area contributed by atoms with Gasteiger partial charge in [0, 0.05) is 17.7 Å². The van der Waals surface area contributed by atoms with E-state index >= 15 is 0 Å². The predicted molar refractivity (Wildman–Crippen MR) is 76.6 cm³/mol. The van der Waals surface area contributed by atoms with Gasteiger partial charge in [-0.1, -0.05) is 26.2 Å². The van der Waals surface area contributed by atoms with E-state index in [1.54, 1.807) is 0 Å². The maximum Gasteiger partial charge on any atom is 0.305 e. The van der Waals surface area contributed by atoms with E-state index in [2.05, 4.69) is 12.2 Å². The highest BCUT2D eigenvalue weighted by Crippen LogP contribution is 2.27. The fourth-order valence-electron chi connectivity index (χ4n) is 2.86. The summed E-state index contributed by atoms with van der Waals surface area (Å²) in [5.74, 6) is -0.688. The third kappa shape index (κ3) is 3.77. The number of carbonyl (C=O) groups excluding carboxylic acids is 1. The average molecular weight is 294 g/mol. The van der Waals surface area contributed by atoms with E-state index in [1.165, 1.54) is 12.5 Å². The summed E-state index contributed by atoms with van der Waals surface area (Å²) in [7, 11) is 0. The molecule has 1 aliphatic carbocycles. The Bertz CT molecular complexity index is 548. The summed E-state index contributed by atoms with van der Waals surface area (Å²) in [5, 5.41) is 13.6. The molecule has 5 nitrogen and oxygen atoms in total.